The fourth-order valence-electron chi connectivity index (χ4n) is 1.76. The highest BCUT2D eigenvalue weighted by Gasteiger charge is 2.24. The smallest absolute Gasteiger partial charge is 0.303 e. The van der Waals surface area contributed by atoms with Gasteiger partial charge in [-0.05, 0) is 12.3 Å². The van der Waals surface area contributed by atoms with Gasteiger partial charge < -0.3 is 10.0 Å². The molecule has 1 heterocycles. The van der Waals surface area contributed by atoms with E-state index in [1.54, 1.807) is 4.90 Å². The lowest BCUT2D eigenvalue weighted by molar-refractivity contribution is -0.140. The topological polar surface area (TPSA) is 57.6 Å². The van der Waals surface area contributed by atoms with Crippen LogP contribution >= 0.6 is 0 Å². The van der Waals surface area contributed by atoms with Gasteiger partial charge in [0.1, 0.15) is 0 Å². The maximum absolute atomic E-state index is 11.5. The number of rotatable bonds is 4. The third-order valence-corrected chi connectivity index (χ3v) is 2.77. The summed E-state index contributed by atoms with van der Waals surface area (Å²) < 4.78 is 0. The van der Waals surface area contributed by atoms with E-state index in [0.29, 0.717) is 5.92 Å². The highest BCUT2D eigenvalue weighted by atomic mass is 16.4. The van der Waals surface area contributed by atoms with Crippen molar-refractivity contribution in [1.82, 2.24) is 4.90 Å². The van der Waals surface area contributed by atoms with E-state index < -0.39 is 5.97 Å². The van der Waals surface area contributed by atoms with Gasteiger partial charge >= 0.3 is 5.97 Å². The number of likely N-dealkylation sites (tertiary alicyclic amines) is 1. The van der Waals surface area contributed by atoms with Crippen LogP contribution in [0.25, 0.3) is 0 Å². The van der Waals surface area contributed by atoms with Gasteiger partial charge in [0.15, 0.2) is 0 Å². The van der Waals surface area contributed by atoms with Gasteiger partial charge in [0.25, 0.3) is 0 Å². The number of amides is 1. The standard InChI is InChI=1S/C10H17NO3/c1-2-8-5-6-11(7-8)9(12)3-4-10(13)14/h8H,2-7H2,1H3,(H,13,14). The van der Waals surface area contributed by atoms with E-state index in [1.807, 2.05) is 0 Å². The Morgan fingerprint density at radius 1 is 1.43 bits per heavy atom. The fourth-order valence-corrected chi connectivity index (χ4v) is 1.76. The maximum Gasteiger partial charge on any atom is 0.303 e. The average molecular weight is 199 g/mol. The lowest BCUT2D eigenvalue weighted by atomic mass is 10.1. The van der Waals surface area contributed by atoms with Crippen LogP contribution in [-0.4, -0.2) is 35.0 Å². The summed E-state index contributed by atoms with van der Waals surface area (Å²) in [5, 5.41) is 8.43. The molecule has 0 aromatic carbocycles. The molecular weight excluding hydrogens is 182 g/mol. The summed E-state index contributed by atoms with van der Waals surface area (Å²) >= 11 is 0. The Labute approximate surface area is 83.9 Å². The van der Waals surface area contributed by atoms with E-state index in [9.17, 15) is 9.59 Å². The zero-order valence-electron chi connectivity index (χ0n) is 8.53. The molecule has 0 saturated carbocycles. The number of aliphatic carboxylic acids is 1. The van der Waals surface area contributed by atoms with E-state index in [-0.39, 0.29) is 18.7 Å². The largest absolute Gasteiger partial charge is 0.481 e. The van der Waals surface area contributed by atoms with Gasteiger partial charge in [-0.2, -0.15) is 0 Å². The molecule has 0 aromatic heterocycles. The van der Waals surface area contributed by atoms with Crippen LogP contribution in [0.15, 0.2) is 0 Å². The first-order chi connectivity index (χ1) is 6.63. The summed E-state index contributed by atoms with van der Waals surface area (Å²) in [6.07, 6.45) is 2.26. The van der Waals surface area contributed by atoms with Gasteiger partial charge in [-0.15, -0.1) is 0 Å². The molecule has 14 heavy (non-hydrogen) atoms. The minimum atomic E-state index is -0.899. The number of carbonyl (C=O) groups is 2. The van der Waals surface area contributed by atoms with Gasteiger partial charge in [-0.25, -0.2) is 0 Å². The van der Waals surface area contributed by atoms with E-state index in [0.717, 1.165) is 25.9 Å². The fraction of sp³-hybridized carbons (Fsp3) is 0.800. The third kappa shape index (κ3) is 3.01. The van der Waals surface area contributed by atoms with Crippen molar-refractivity contribution in [2.45, 2.75) is 32.6 Å². The zero-order chi connectivity index (χ0) is 10.6. The third-order valence-electron chi connectivity index (χ3n) is 2.77. The van der Waals surface area contributed by atoms with Gasteiger partial charge in [-0.1, -0.05) is 13.3 Å². The Morgan fingerprint density at radius 2 is 2.14 bits per heavy atom. The van der Waals surface area contributed by atoms with Crippen LogP contribution in [0.4, 0.5) is 0 Å². The number of hydrogen-bond donors (Lipinski definition) is 1. The first-order valence-corrected chi connectivity index (χ1v) is 5.13. The summed E-state index contributed by atoms with van der Waals surface area (Å²) in [6.45, 7) is 3.74. The Hall–Kier alpha value is -1.06. The van der Waals surface area contributed by atoms with E-state index in [2.05, 4.69) is 6.92 Å². The quantitative estimate of drug-likeness (QED) is 0.737. The highest BCUT2D eigenvalue weighted by molar-refractivity contribution is 5.80. The predicted molar refractivity (Wildman–Crippen MR) is 51.8 cm³/mol. The molecule has 0 spiro atoms. The normalized spacial score (nSPS) is 21.2. The monoisotopic (exact) mass is 199 g/mol. The summed E-state index contributed by atoms with van der Waals surface area (Å²) in [4.78, 5) is 23.5. The molecule has 1 N–H and O–H groups in total. The molecule has 1 fully saturated rings. The molecule has 1 amide bonds. The van der Waals surface area contributed by atoms with Crippen molar-refractivity contribution in [3.05, 3.63) is 0 Å². The summed E-state index contributed by atoms with van der Waals surface area (Å²) in [7, 11) is 0. The van der Waals surface area contributed by atoms with Crippen molar-refractivity contribution < 1.29 is 14.7 Å². The Balaban J connectivity index is 2.28. The molecule has 1 unspecified atom stereocenters. The van der Waals surface area contributed by atoms with Crippen LogP contribution in [-0.2, 0) is 9.59 Å². The number of carboxylic acids is 1. The summed E-state index contributed by atoms with van der Waals surface area (Å²) in [6, 6.07) is 0. The van der Waals surface area contributed by atoms with Gasteiger partial charge in [-0.3, -0.25) is 9.59 Å². The van der Waals surface area contributed by atoms with Crippen LogP contribution in [0.3, 0.4) is 0 Å². The SMILES string of the molecule is CCC1CCN(C(=O)CCC(=O)O)C1. The highest BCUT2D eigenvalue weighted by Crippen LogP contribution is 2.19. The number of nitrogens with zero attached hydrogens (tertiary/aromatic N) is 1. The van der Waals surface area contributed by atoms with Crippen molar-refractivity contribution in [2.24, 2.45) is 5.92 Å². The number of carboxylic acid groups (broad SMARTS) is 1. The van der Waals surface area contributed by atoms with Gasteiger partial charge in [0, 0.05) is 19.5 Å². The second kappa shape index (κ2) is 4.98. The van der Waals surface area contributed by atoms with Gasteiger partial charge in [0.05, 0.1) is 6.42 Å². The molecule has 0 aliphatic carbocycles. The van der Waals surface area contributed by atoms with E-state index in [4.69, 9.17) is 5.11 Å². The molecule has 1 saturated heterocycles. The lowest BCUT2D eigenvalue weighted by Crippen LogP contribution is -2.28. The Kier molecular flexibility index (Phi) is 3.92. The van der Waals surface area contributed by atoms with Crippen molar-refractivity contribution in [2.75, 3.05) is 13.1 Å². The van der Waals surface area contributed by atoms with Crippen LogP contribution in [0.1, 0.15) is 32.6 Å². The molecule has 1 atom stereocenters. The molecule has 0 aromatic rings. The predicted octanol–water partition coefficient (Wildman–Crippen LogP) is 1.11. The Morgan fingerprint density at radius 3 is 2.64 bits per heavy atom. The number of carbonyl (C=O) groups excluding carboxylic acids is 1. The summed E-state index contributed by atoms with van der Waals surface area (Å²) in [5.74, 6) is -0.295. The van der Waals surface area contributed by atoms with Crippen molar-refractivity contribution >= 4 is 11.9 Å². The molecule has 80 valence electrons. The molecule has 1 aliphatic heterocycles. The minimum absolute atomic E-state index is 0.0108. The minimum Gasteiger partial charge on any atom is -0.481 e. The van der Waals surface area contributed by atoms with Gasteiger partial charge in [0.2, 0.25) is 5.91 Å². The molecule has 4 heteroatoms. The second-order valence-corrected chi connectivity index (χ2v) is 3.80. The first-order valence-electron chi connectivity index (χ1n) is 5.13. The molecular formula is C10H17NO3. The van der Waals surface area contributed by atoms with Crippen molar-refractivity contribution in [3.63, 3.8) is 0 Å². The average Bonchev–Trinajstić information content (AvgIpc) is 2.62. The van der Waals surface area contributed by atoms with Crippen LogP contribution < -0.4 is 0 Å². The molecule has 0 radical (unpaired) electrons. The second-order valence-electron chi connectivity index (χ2n) is 3.80. The van der Waals surface area contributed by atoms with Crippen LogP contribution in [0.2, 0.25) is 0 Å². The van der Waals surface area contributed by atoms with Crippen LogP contribution in [0.5, 0.6) is 0 Å². The van der Waals surface area contributed by atoms with Crippen molar-refractivity contribution in [1.29, 1.82) is 0 Å². The number of hydrogen-bond acceptors (Lipinski definition) is 2. The lowest BCUT2D eigenvalue weighted by Gasteiger charge is -2.15. The Bertz CT molecular complexity index is 227. The van der Waals surface area contributed by atoms with Crippen molar-refractivity contribution in [3.8, 4) is 0 Å². The van der Waals surface area contributed by atoms with E-state index in [1.165, 1.54) is 0 Å². The molecule has 0 bridgehead atoms. The molecule has 1 aliphatic rings. The molecule has 1 rings (SSSR count). The maximum atomic E-state index is 11.5. The summed E-state index contributed by atoms with van der Waals surface area (Å²) in [5.41, 5.74) is 0. The van der Waals surface area contributed by atoms with Crippen LogP contribution in [0, 0.1) is 5.92 Å². The van der Waals surface area contributed by atoms with E-state index >= 15 is 0 Å². The zero-order valence-corrected chi connectivity index (χ0v) is 8.53. The molecule has 4 nitrogen and oxygen atoms in total. The first kappa shape index (κ1) is 11.0.